The molecule has 4 nitrogen and oxygen atoms in total. The summed E-state index contributed by atoms with van der Waals surface area (Å²) in [6, 6.07) is 7.79. The quantitative estimate of drug-likeness (QED) is 0.786. The molecule has 6 heteroatoms. The molecule has 3 aromatic heterocycles. The second kappa shape index (κ2) is 5.76. The lowest BCUT2D eigenvalue weighted by atomic mass is 10.3. The van der Waals surface area contributed by atoms with Gasteiger partial charge in [0.2, 0.25) is 5.91 Å². The van der Waals surface area contributed by atoms with Crippen molar-refractivity contribution in [1.29, 1.82) is 0 Å². The number of fused-ring (bicyclic) bond motifs is 1. The number of imidazole rings is 1. The molecule has 0 fully saturated rings. The van der Waals surface area contributed by atoms with Gasteiger partial charge in [0, 0.05) is 21.7 Å². The summed E-state index contributed by atoms with van der Waals surface area (Å²) in [4.78, 5) is 17.3. The summed E-state index contributed by atoms with van der Waals surface area (Å²) in [6.07, 6.45) is 4.29. The summed E-state index contributed by atoms with van der Waals surface area (Å²) in [5.74, 6) is 0.0192. The van der Waals surface area contributed by atoms with Gasteiger partial charge < -0.3 is 9.72 Å². The fourth-order valence-corrected chi connectivity index (χ4v) is 2.98. The predicted molar refractivity (Wildman–Crippen MR) is 82.8 cm³/mol. The van der Waals surface area contributed by atoms with Crippen molar-refractivity contribution < 1.29 is 4.79 Å². The molecule has 102 valence electrons. The molecule has 20 heavy (non-hydrogen) atoms. The third-order valence-corrected chi connectivity index (χ3v) is 4.19. The molecule has 3 rings (SSSR count). The van der Waals surface area contributed by atoms with Crippen LogP contribution in [0, 0.1) is 0 Å². The van der Waals surface area contributed by atoms with Gasteiger partial charge in [-0.15, -0.1) is 11.3 Å². The van der Waals surface area contributed by atoms with Crippen molar-refractivity contribution in [3.8, 4) is 0 Å². The third kappa shape index (κ3) is 3.08. The summed E-state index contributed by atoms with van der Waals surface area (Å²) in [6.45, 7) is 0.448. The first-order valence-electron chi connectivity index (χ1n) is 6.13. The molecule has 0 bridgehead atoms. The highest BCUT2D eigenvalue weighted by molar-refractivity contribution is 9.10. The standard InChI is InChI=1S/C14H12BrN3OS/c15-10-3-4-13-17-11(9-18(13)8-10)7-16-14(19)6-12-2-1-5-20-12/h1-5,8-9H,6-7H2,(H,16,19). The number of hydrogen-bond acceptors (Lipinski definition) is 3. The van der Waals surface area contributed by atoms with E-state index in [1.807, 2.05) is 46.4 Å². The Kier molecular flexibility index (Phi) is 3.84. The van der Waals surface area contributed by atoms with Gasteiger partial charge in [0.1, 0.15) is 5.65 Å². The topological polar surface area (TPSA) is 46.4 Å². The highest BCUT2D eigenvalue weighted by atomic mass is 79.9. The van der Waals surface area contributed by atoms with E-state index in [0.717, 1.165) is 20.7 Å². The van der Waals surface area contributed by atoms with Gasteiger partial charge in [-0.3, -0.25) is 4.79 Å². The fraction of sp³-hybridized carbons (Fsp3) is 0.143. The Hall–Kier alpha value is -1.66. The molecule has 0 saturated carbocycles. The lowest BCUT2D eigenvalue weighted by Crippen LogP contribution is -2.24. The Labute approximate surface area is 128 Å². The van der Waals surface area contributed by atoms with Crippen LogP contribution >= 0.6 is 27.3 Å². The number of thiophene rings is 1. The molecule has 1 amide bonds. The van der Waals surface area contributed by atoms with E-state index in [2.05, 4.69) is 26.2 Å². The molecule has 3 aromatic rings. The molecule has 0 saturated heterocycles. The van der Waals surface area contributed by atoms with Gasteiger partial charge in [0.05, 0.1) is 18.7 Å². The van der Waals surface area contributed by atoms with E-state index in [0.29, 0.717) is 13.0 Å². The Morgan fingerprint density at radius 1 is 1.35 bits per heavy atom. The maximum absolute atomic E-state index is 11.8. The zero-order chi connectivity index (χ0) is 13.9. The van der Waals surface area contributed by atoms with Crippen molar-refractivity contribution in [2.24, 2.45) is 0 Å². The first kappa shape index (κ1) is 13.3. The number of halogens is 1. The van der Waals surface area contributed by atoms with Gasteiger partial charge in [-0.25, -0.2) is 4.98 Å². The van der Waals surface area contributed by atoms with Gasteiger partial charge in [-0.1, -0.05) is 6.07 Å². The normalized spacial score (nSPS) is 10.8. The van der Waals surface area contributed by atoms with E-state index >= 15 is 0 Å². The summed E-state index contributed by atoms with van der Waals surface area (Å²) >= 11 is 5.01. The zero-order valence-electron chi connectivity index (χ0n) is 10.5. The van der Waals surface area contributed by atoms with Crippen molar-refractivity contribution in [3.05, 3.63) is 57.1 Å². The highest BCUT2D eigenvalue weighted by Gasteiger charge is 2.06. The predicted octanol–water partition coefficient (Wildman–Crippen LogP) is 3.02. The minimum absolute atomic E-state index is 0.0192. The van der Waals surface area contributed by atoms with Gasteiger partial charge in [0.25, 0.3) is 0 Å². The number of aromatic nitrogens is 2. The lowest BCUT2D eigenvalue weighted by molar-refractivity contribution is -0.120. The van der Waals surface area contributed by atoms with Crippen molar-refractivity contribution >= 4 is 38.8 Å². The smallest absolute Gasteiger partial charge is 0.225 e. The molecule has 0 spiro atoms. The van der Waals surface area contributed by atoms with E-state index in [1.165, 1.54) is 0 Å². The van der Waals surface area contributed by atoms with Crippen LogP contribution in [0.1, 0.15) is 10.6 Å². The number of nitrogens with one attached hydrogen (secondary N) is 1. The summed E-state index contributed by atoms with van der Waals surface area (Å²) < 4.78 is 2.93. The Morgan fingerprint density at radius 3 is 3.05 bits per heavy atom. The number of carbonyl (C=O) groups excluding carboxylic acids is 1. The monoisotopic (exact) mass is 349 g/mol. The van der Waals surface area contributed by atoms with Crippen molar-refractivity contribution in [2.45, 2.75) is 13.0 Å². The Bertz CT molecular complexity index is 736. The summed E-state index contributed by atoms with van der Waals surface area (Å²) in [7, 11) is 0. The molecule has 0 radical (unpaired) electrons. The Balaban J connectivity index is 1.63. The van der Waals surface area contributed by atoms with Crippen LogP contribution in [0.25, 0.3) is 5.65 Å². The van der Waals surface area contributed by atoms with Crippen LogP contribution in [0.5, 0.6) is 0 Å². The number of rotatable bonds is 4. The van der Waals surface area contributed by atoms with Gasteiger partial charge >= 0.3 is 0 Å². The number of carbonyl (C=O) groups is 1. The van der Waals surface area contributed by atoms with E-state index in [-0.39, 0.29) is 5.91 Å². The third-order valence-electron chi connectivity index (χ3n) is 2.85. The maximum atomic E-state index is 11.8. The van der Waals surface area contributed by atoms with Crippen LogP contribution in [0.4, 0.5) is 0 Å². The van der Waals surface area contributed by atoms with Gasteiger partial charge in [-0.05, 0) is 39.5 Å². The fourth-order valence-electron chi connectivity index (χ4n) is 1.93. The van der Waals surface area contributed by atoms with Gasteiger partial charge in [0.15, 0.2) is 0 Å². The second-order valence-electron chi connectivity index (χ2n) is 4.38. The minimum Gasteiger partial charge on any atom is -0.350 e. The van der Waals surface area contributed by atoms with Crippen molar-refractivity contribution in [1.82, 2.24) is 14.7 Å². The van der Waals surface area contributed by atoms with Crippen LogP contribution in [0.15, 0.2) is 46.5 Å². The SMILES string of the molecule is O=C(Cc1cccs1)NCc1cn2cc(Br)ccc2n1. The molecule has 0 unspecified atom stereocenters. The largest absolute Gasteiger partial charge is 0.350 e. The summed E-state index contributed by atoms with van der Waals surface area (Å²) in [5.41, 5.74) is 1.72. The van der Waals surface area contributed by atoms with Crippen molar-refractivity contribution in [3.63, 3.8) is 0 Å². The highest BCUT2D eigenvalue weighted by Crippen LogP contribution is 2.12. The summed E-state index contributed by atoms with van der Waals surface area (Å²) in [5, 5.41) is 4.87. The van der Waals surface area contributed by atoms with Crippen molar-refractivity contribution in [2.75, 3.05) is 0 Å². The molecule has 0 aromatic carbocycles. The number of hydrogen-bond donors (Lipinski definition) is 1. The van der Waals surface area contributed by atoms with E-state index in [9.17, 15) is 4.79 Å². The molecule has 1 N–H and O–H groups in total. The molecular weight excluding hydrogens is 338 g/mol. The van der Waals surface area contributed by atoms with Crippen LogP contribution in [0.2, 0.25) is 0 Å². The minimum atomic E-state index is 0.0192. The maximum Gasteiger partial charge on any atom is 0.225 e. The van der Waals surface area contributed by atoms with E-state index < -0.39 is 0 Å². The molecule has 0 aliphatic rings. The van der Waals surface area contributed by atoms with Crippen LogP contribution in [0.3, 0.4) is 0 Å². The van der Waals surface area contributed by atoms with Gasteiger partial charge in [-0.2, -0.15) is 0 Å². The molecule has 0 atom stereocenters. The van der Waals surface area contributed by atoms with Crippen LogP contribution < -0.4 is 5.32 Å². The van der Waals surface area contributed by atoms with E-state index in [4.69, 9.17) is 0 Å². The number of nitrogens with zero attached hydrogens (tertiary/aromatic N) is 2. The average Bonchev–Trinajstić information content (AvgIpc) is 3.04. The lowest BCUT2D eigenvalue weighted by Gasteiger charge is -2.01. The van der Waals surface area contributed by atoms with Crippen LogP contribution in [-0.4, -0.2) is 15.3 Å². The number of amides is 1. The number of pyridine rings is 1. The molecule has 3 heterocycles. The Morgan fingerprint density at radius 2 is 2.25 bits per heavy atom. The second-order valence-corrected chi connectivity index (χ2v) is 6.33. The first-order chi connectivity index (χ1) is 9.70. The molecular formula is C14H12BrN3OS. The van der Waals surface area contributed by atoms with E-state index in [1.54, 1.807) is 11.3 Å². The first-order valence-corrected chi connectivity index (χ1v) is 7.80. The average molecular weight is 350 g/mol. The molecule has 0 aliphatic carbocycles. The zero-order valence-corrected chi connectivity index (χ0v) is 12.9. The van der Waals surface area contributed by atoms with Crippen LogP contribution in [-0.2, 0) is 17.8 Å². The molecule has 0 aliphatic heterocycles.